The summed E-state index contributed by atoms with van der Waals surface area (Å²) in [7, 11) is -1.95. The first-order chi connectivity index (χ1) is 9.50. The van der Waals surface area contributed by atoms with Gasteiger partial charge in [0.15, 0.2) is 0 Å². The van der Waals surface area contributed by atoms with Gasteiger partial charge in [-0.2, -0.15) is 0 Å². The number of anilines is 1. The highest BCUT2D eigenvalue weighted by Crippen LogP contribution is 2.31. The number of hydrogen-bond acceptors (Lipinski definition) is 4. The quantitative estimate of drug-likeness (QED) is 0.814. The monoisotopic (exact) mass is 296 g/mol. The average Bonchev–Trinajstić information content (AvgIpc) is 2.74. The van der Waals surface area contributed by atoms with Gasteiger partial charge in [-0.1, -0.05) is 4.47 Å². The van der Waals surface area contributed by atoms with Crippen LogP contribution in [0.15, 0.2) is 23.1 Å². The Kier molecular flexibility index (Phi) is 3.27. The normalized spacial score (nSPS) is 20.2. The summed E-state index contributed by atoms with van der Waals surface area (Å²) in [5, 5.41) is 0. The van der Waals surface area contributed by atoms with Crippen molar-refractivity contribution >= 4 is 21.6 Å². The lowest BCUT2D eigenvalue weighted by Crippen LogP contribution is -2.35. The number of carbonyl (C=O) groups excluding carboxylic acids is 1. The first-order valence-corrected chi connectivity index (χ1v) is 7.99. The zero-order valence-electron chi connectivity index (χ0n) is 11.2. The highest BCUT2D eigenvalue weighted by atomic mass is 32.2. The molecular weight excluding hydrogens is 280 g/mol. The van der Waals surface area contributed by atoms with Gasteiger partial charge in [-0.15, -0.1) is 0 Å². The van der Waals surface area contributed by atoms with Crippen molar-refractivity contribution in [1.82, 2.24) is 4.47 Å². The van der Waals surface area contributed by atoms with E-state index < -0.39 is 10.0 Å². The largest absolute Gasteiger partial charge is 0.315 e. The summed E-state index contributed by atoms with van der Waals surface area (Å²) in [6, 6.07) is 4.78. The molecule has 1 saturated heterocycles. The minimum absolute atomic E-state index is 0.0243. The first kappa shape index (κ1) is 13.5. The van der Waals surface area contributed by atoms with Crippen molar-refractivity contribution in [3.63, 3.8) is 0 Å². The van der Waals surface area contributed by atoms with Gasteiger partial charge in [0.2, 0.25) is 5.91 Å². The molecule has 1 aromatic rings. The van der Waals surface area contributed by atoms with Crippen LogP contribution in [0.4, 0.5) is 5.69 Å². The molecule has 1 fully saturated rings. The summed E-state index contributed by atoms with van der Waals surface area (Å²) < 4.78 is 26.0. The molecule has 6 nitrogen and oxygen atoms in total. The van der Waals surface area contributed by atoms with Crippen LogP contribution in [0, 0.1) is 0 Å². The highest BCUT2D eigenvalue weighted by Gasteiger charge is 2.30. The topological polar surface area (TPSA) is 66.9 Å². The van der Waals surface area contributed by atoms with Crippen LogP contribution in [-0.4, -0.2) is 39.0 Å². The maximum atomic E-state index is 12.5. The molecule has 0 aliphatic carbocycles. The standard InChI is InChI=1S/C13H16N2O4S/c1-14-12-5-4-11(8-10(12)9-13(14)16)20(17,18)15-6-2-3-7-19-15/h4-5,8H,2-3,6-7,9H2,1H3. The molecule has 0 saturated carbocycles. The fourth-order valence-electron chi connectivity index (χ4n) is 2.49. The van der Waals surface area contributed by atoms with Crippen LogP contribution in [0.3, 0.4) is 0 Å². The predicted octanol–water partition coefficient (Wildman–Crippen LogP) is 0.922. The second-order valence-corrected chi connectivity index (χ2v) is 6.82. The summed E-state index contributed by atoms with van der Waals surface area (Å²) in [5.41, 5.74) is 1.52. The van der Waals surface area contributed by atoms with E-state index in [0.717, 1.165) is 28.6 Å². The SMILES string of the molecule is CN1C(=O)Cc2cc(S(=O)(=O)N3CCCCO3)ccc21. The summed E-state index contributed by atoms with van der Waals surface area (Å²) in [4.78, 5) is 18.6. The molecule has 0 N–H and O–H groups in total. The van der Waals surface area contributed by atoms with E-state index in [1.807, 2.05) is 0 Å². The Bertz CT molecular complexity index is 650. The fraction of sp³-hybridized carbons (Fsp3) is 0.462. The molecule has 1 aromatic carbocycles. The van der Waals surface area contributed by atoms with Gasteiger partial charge in [0.05, 0.1) is 17.9 Å². The molecule has 2 aliphatic heterocycles. The molecule has 0 atom stereocenters. The molecule has 0 bridgehead atoms. The predicted molar refractivity (Wildman–Crippen MR) is 72.6 cm³/mol. The number of fused-ring (bicyclic) bond motifs is 1. The van der Waals surface area contributed by atoms with Crippen LogP contribution < -0.4 is 4.90 Å². The minimum Gasteiger partial charge on any atom is -0.315 e. The maximum Gasteiger partial charge on any atom is 0.265 e. The molecular formula is C13H16N2O4S. The van der Waals surface area contributed by atoms with Crippen molar-refractivity contribution < 1.29 is 18.0 Å². The molecule has 20 heavy (non-hydrogen) atoms. The van der Waals surface area contributed by atoms with Gasteiger partial charge in [0, 0.05) is 19.3 Å². The van der Waals surface area contributed by atoms with E-state index in [4.69, 9.17) is 4.84 Å². The Balaban J connectivity index is 1.95. The summed E-state index contributed by atoms with van der Waals surface area (Å²) in [6.07, 6.45) is 1.91. The van der Waals surface area contributed by atoms with E-state index in [9.17, 15) is 13.2 Å². The van der Waals surface area contributed by atoms with Gasteiger partial charge in [0.1, 0.15) is 0 Å². The lowest BCUT2D eigenvalue weighted by atomic mass is 10.2. The first-order valence-electron chi connectivity index (χ1n) is 6.55. The molecule has 7 heteroatoms. The third-order valence-corrected chi connectivity index (χ3v) is 5.34. The number of sulfonamides is 1. The van der Waals surface area contributed by atoms with Crippen molar-refractivity contribution in [2.24, 2.45) is 0 Å². The molecule has 0 unspecified atom stereocenters. The molecule has 2 heterocycles. The number of nitrogens with zero attached hydrogens (tertiary/aromatic N) is 2. The van der Waals surface area contributed by atoms with E-state index >= 15 is 0 Å². The molecule has 0 radical (unpaired) electrons. The van der Waals surface area contributed by atoms with Gasteiger partial charge in [-0.3, -0.25) is 9.63 Å². The highest BCUT2D eigenvalue weighted by molar-refractivity contribution is 7.89. The van der Waals surface area contributed by atoms with E-state index in [-0.39, 0.29) is 17.2 Å². The van der Waals surface area contributed by atoms with E-state index in [1.165, 1.54) is 6.07 Å². The number of likely N-dealkylation sites (N-methyl/N-ethyl adjacent to an activating group) is 1. The summed E-state index contributed by atoms with van der Waals surface area (Å²) in [5.74, 6) is -0.0243. The Labute approximate surface area is 117 Å². The Morgan fingerprint density at radius 2 is 2.05 bits per heavy atom. The summed E-state index contributed by atoms with van der Waals surface area (Å²) >= 11 is 0. The molecule has 2 aliphatic rings. The van der Waals surface area contributed by atoms with Gasteiger partial charge in [0.25, 0.3) is 10.0 Å². The molecule has 0 aromatic heterocycles. The zero-order valence-corrected chi connectivity index (χ0v) is 12.0. The smallest absolute Gasteiger partial charge is 0.265 e. The van der Waals surface area contributed by atoms with Crippen LogP contribution in [0.5, 0.6) is 0 Å². The number of carbonyl (C=O) groups is 1. The maximum absolute atomic E-state index is 12.5. The number of benzene rings is 1. The number of rotatable bonds is 2. The van der Waals surface area contributed by atoms with Crippen LogP contribution in [0.25, 0.3) is 0 Å². The zero-order chi connectivity index (χ0) is 14.3. The molecule has 3 rings (SSSR count). The van der Waals surface area contributed by atoms with Crippen molar-refractivity contribution in [2.75, 3.05) is 25.1 Å². The van der Waals surface area contributed by atoms with Gasteiger partial charge in [-0.25, -0.2) is 8.42 Å². The average molecular weight is 296 g/mol. The second kappa shape index (κ2) is 4.83. The van der Waals surface area contributed by atoms with Gasteiger partial charge in [-0.05, 0) is 36.6 Å². The number of hydrogen-bond donors (Lipinski definition) is 0. The van der Waals surface area contributed by atoms with Crippen LogP contribution in [0.2, 0.25) is 0 Å². The lowest BCUT2D eigenvalue weighted by molar-refractivity contribution is -0.117. The lowest BCUT2D eigenvalue weighted by Gasteiger charge is -2.25. The van der Waals surface area contributed by atoms with Crippen LogP contribution in [-0.2, 0) is 26.1 Å². The van der Waals surface area contributed by atoms with Crippen molar-refractivity contribution in [3.8, 4) is 0 Å². The Morgan fingerprint density at radius 1 is 1.25 bits per heavy atom. The third kappa shape index (κ3) is 2.11. The van der Waals surface area contributed by atoms with Crippen molar-refractivity contribution in [2.45, 2.75) is 24.2 Å². The minimum atomic E-state index is -3.64. The van der Waals surface area contributed by atoms with Crippen LogP contribution >= 0.6 is 0 Å². The van der Waals surface area contributed by atoms with E-state index in [0.29, 0.717) is 13.2 Å². The fourth-order valence-corrected chi connectivity index (χ4v) is 3.84. The van der Waals surface area contributed by atoms with Crippen molar-refractivity contribution in [1.29, 1.82) is 0 Å². The second-order valence-electron chi connectivity index (χ2n) is 4.99. The Morgan fingerprint density at radius 3 is 2.75 bits per heavy atom. The van der Waals surface area contributed by atoms with Crippen molar-refractivity contribution in [3.05, 3.63) is 23.8 Å². The van der Waals surface area contributed by atoms with E-state index in [2.05, 4.69) is 0 Å². The van der Waals surface area contributed by atoms with Gasteiger partial charge < -0.3 is 4.90 Å². The summed E-state index contributed by atoms with van der Waals surface area (Å²) in [6.45, 7) is 0.795. The Hall–Kier alpha value is -1.44. The van der Waals surface area contributed by atoms with E-state index in [1.54, 1.807) is 24.1 Å². The molecule has 108 valence electrons. The number of hydroxylamine groups is 1. The molecule has 0 spiro atoms. The number of amides is 1. The molecule has 1 amide bonds. The third-order valence-electron chi connectivity index (χ3n) is 3.66. The van der Waals surface area contributed by atoms with Crippen LogP contribution in [0.1, 0.15) is 18.4 Å². The van der Waals surface area contributed by atoms with Gasteiger partial charge >= 0.3 is 0 Å².